The monoisotopic (exact) mass is 292 g/mol. The molecule has 0 aromatic heterocycles. The highest BCUT2D eigenvalue weighted by Crippen LogP contribution is 2.30. The van der Waals surface area contributed by atoms with Crippen LogP contribution in [-0.4, -0.2) is 11.1 Å². The highest BCUT2D eigenvalue weighted by atomic mass is 16.4. The minimum absolute atomic E-state index is 0.247. The average Bonchev–Trinajstić information content (AvgIpc) is 2.54. The Balaban J connectivity index is 2.29. The predicted molar refractivity (Wildman–Crippen MR) is 90.7 cm³/mol. The number of rotatable bonds is 6. The maximum Gasteiger partial charge on any atom is 0.327 e. The summed E-state index contributed by atoms with van der Waals surface area (Å²) in [7, 11) is 0. The number of aliphatic carboxylic acids is 1. The van der Waals surface area contributed by atoms with E-state index in [4.69, 9.17) is 5.11 Å². The van der Waals surface area contributed by atoms with Gasteiger partial charge >= 0.3 is 5.97 Å². The highest BCUT2D eigenvalue weighted by Gasteiger charge is 2.21. The van der Waals surface area contributed by atoms with Crippen LogP contribution in [0.25, 0.3) is 6.08 Å². The van der Waals surface area contributed by atoms with Gasteiger partial charge in [-0.25, -0.2) is 4.79 Å². The van der Waals surface area contributed by atoms with Crippen LogP contribution in [-0.2, 0) is 10.2 Å². The van der Waals surface area contributed by atoms with Crippen molar-refractivity contribution in [3.05, 3.63) is 90.0 Å². The third-order valence-corrected chi connectivity index (χ3v) is 3.68. The molecular formula is C20H20O2. The van der Waals surface area contributed by atoms with Crippen molar-refractivity contribution in [3.8, 4) is 0 Å². The molecule has 1 atom stereocenters. The zero-order valence-corrected chi connectivity index (χ0v) is 12.6. The fraction of sp³-hybridized carbons (Fsp3) is 0.150. The van der Waals surface area contributed by atoms with E-state index >= 15 is 0 Å². The van der Waals surface area contributed by atoms with Crippen molar-refractivity contribution >= 4 is 12.0 Å². The Labute approximate surface area is 131 Å². The van der Waals surface area contributed by atoms with Crippen molar-refractivity contribution < 1.29 is 9.90 Å². The molecule has 22 heavy (non-hydrogen) atoms. The third-order valence-electron chi connectivity index (χ3n) is 3.68. The summed E-state index contributed by atoms with van der Waals surface area (Å²) in [5, 5.41) is 8.78. The molecule has 2 nitrogen and oxygen atoms in total. The summed E-state index contributed by atoms with van der Waals surface area (Å²) in [6.07, 6.45) is 7.78. The van der Waals surface area contributed by atoms with E-state index in [9.17, 15) is 4.79 Å². The molecule has 0 aliphatic rings. The fourth-order valence-electron chi connectivity index (χ4n) is 2.35. The highest BCUT2D eigenvalue weighted by molar-refractivity contribution is 5.79. The first-order valence-corrected chi connectivity index (χ1v) is 7.29. The largest absolute Gasteiger partial charge is 0.478 e. The van der Waals surface area contributed by atoms with Crippen LogP contribution < -0.4 is 0 Å². The van der Waals surface area contributed by atoms with E-state index in [-0.39, 0.29) is 5.41 Å². The van der Waals surface area contributed by atoms with Crippen LogP contribution in [0.5, 0.6) is 0 Å². The Kier molecular flexibility index (Phi) is 5.31. The lowest BCUT2D eigenvalue weighted by molar-refractivity contribution is -0.131. The fourth-order valence-corrected chi connectivity index (χ4v) is 2.35. The minimum Gasteiger partial charge on any atom is -0.478 e. The summed E-state index contributed by atoms with van der Waals surface area (Å²) in [6, 6.07) is 20.2. The number of carbonyl (C=O) groups is 1. The molecule has 0 aliphatic heterocycles. The van der Waals surface area contributed by atoms with Crippen molar-refractivity contribution in [2.24, 2.45) is 0 Å². The molecule has 112 valence electrons. The summed E-state index contributed by atoms with van der Waals surface area (Å²) in [6.45, 7) is 2.12. The molecule has 0 amide bonds. The lowest BCUT2D eigenvalue weighted by Crippen LogP contribution is -2.18. The molecule has 1 unspecified atom stereocenters. The summed E-state index contributed by atoms with van der Waals surface area (Å²) in [5.41, 5.74) is 2.05. The van der Waals surface area contributed by atoms with E-state index in [0.29, 0.717) is 6.42 Å². The van der Waals surface area contributed by atoms with Crippen LogP contribution in [0.15, 0.2) is 78.9 Å². The zero-order chi connectivity index (χ0) is 15.8. The molecule has 2 heteroatoms. The smallest absolute Gasteiger partial charge is 0.327 e. The van der Waals surface area contributed by atoms with Gasteiger partial charge in [0.2, 0.25) is 0 Å². The Morgan fingerprint density at radius 3 is 2.23 bits per heavy atom. The van der Waals surface area contributed by atoms with Gasteiger partial charge < -0.3 is 5.11 Å². The van der Waals surface area contributed by atoms with Crippen LogP contribution in [0.4, 0.5) is 0 Å². The van der Waals surface area contributed by atoms with Gasteiger partial charge in [-0.05, 0) is 17.5 Å². The first-order chi connectivity index (χ1) is 10.6. The van der Waals surface area contributed by atoms with Gasteiger partial charge in [-0.15, -0.1) is 0 Å². The van der Waals surface area contributed by atoms with Gasteiger partial charge in [0.05, 0.1) is 0 Å². The summed E-state index contributed by atoms with van der Waals surface area (Å²) in [4.78, 5) is 10.7. The molecule has 0 saturated heterocycles. The third kappa shape index (κ3) is 4.45. The van der Waals surface area contributed by atoms with E-state index < -0.39 is 5.97 Å². The Morgan fingerprint density at radius 2 is 1.64 bits per heavy atom. The number of carboxylic acids is 1. The maximum absolute atomic E-state index is 10.7. The van der Waals surface area contributed by atoms with Gasteiger partial charge in [-0.1, -0.05) is 85.8 Å². The van der Waals surface area contributed by atoms with Gasteiger partial charge in [0, 0.05) is 11.5 Å². The molecule has 2 aromatic carbocycles. The van der Waals surface area contributed by atoms with Gasteiger partial charge in [0.1, 0.15) is 0 Å². The van der Waals surface area contributed by atoms with E-state index in [1.165, 1.54) is 6.08 Å². The van der Waals surface area contributed by atoms with Crippen molar-refractivity contribution in [2.45, 2.75) is 18.8 Å². The predicted octanol–water partition coefficient (Wildman–Crippen LogP) is 4.69. The normalized spacial score (nSPS) is 14.2. The van der Waals surface area contributed by atoms with E-state index in [1.807, 2.05) is 36.4 Å². The van der Waals surface area contributed by atoms with Gasteiger partial charge in [-0.2, -0.15) is 0 Å². The quantitative estimate of drug-likeness (QED) is 0.784. The molecule has 0 aliphatic carbocycles. The standard InChI is InChI=1S/C20H20O2/c1-20(15-8-13-19(21)22,18-11-6-3-7-12-18)16-14-17-9-4-2-5-10-17/h2-14,16H,15H2,1H3,(H,21,22)/b13-8+,16-14+. The molecule has 0 bridgehead atoms. The molecule has 2 rings (SSSR count). The number of hydrogen-bond acceptors (Lipinski definition) is 1. The van der Waals surface area contributed by atoms with E-state index in [1.54, 1.807) is 6.08 Å². The summed E-state index contributed by atoms with van der Waals surface area (Å²) >= 11 is 0. The van der Waals surface area contributed by atoms with Crippen LogP contribution in [0, 0.1) is 0 Å². The van der Waals surface area contributed by atoms with Crippen LogP contribution in [0.1, 0.15) is 24.5 Å². The van der Waals surface area contributed by atoms with Crippen LogP contribution in [0.2, 0.25) is 0 Å². The number of carboxylic acid groups (broad SMARTS) is 1. The lowest BCUT2D eigenvalue weighted by atomic mass is 9.79. The van der Waals surface area contributed by atoms with E-state index in [0.717, 1.165) is 11.1 Å². The van der Waals surface area contributed by atoms with Gasteiger partial charge in [0.15, 0.2) is 0 Å². The molecule has 0 fully saturated rings. The van der Waals surface area contributed by atoms with Crippen molar-refractivity contribution in [1.29, 1.82) is 0 Å². The first-order valence-electron chi connectivity index (χ1n) is 7.29. The van der Waals surface area contributed by atoms with Gasteiger partial charge in [-0.3, -0.25) is 0 Å². The maximum atomic E-state index is 10.7. The Morgan fingerprint density at radius 1 is 1.05 bits per heavy atom. The molecular weight excluding hydrogens is 272 g/mol. The van der Waals surface area contributed by atoms with Crippen molar-refractivity contribution in [1.82, 2.24) is 0 Å². The molecule has 0 radical (unpaired) electrons. The Bertz CT molecular complexity index is 657. The zero-order valence-electron chi connectivity index (χ0n) is 12.6. The number of hydrogen-bond donors (Lipinski definition) is 1. The molecule has 0 heterocycles. The van der Waals surface area contributed by atoms with E-state index in [2.05, 4.69) is 43.3 Å². The molecule has 0 spiro atoms. The van der Waals surface area contributed by atoms with Gasteiger partial charge in [0.25, 0.3) is 0 Å². The lowest BCUT2D eigenvalue weighted by Gasteiger charge is -2.25. The number of benzene rings is 2. The minimum atomic E-state index is -0.914. The first kappa shape index (κ1) is 15.8. The van der Waals surface area contributed by atoms with Crippen molar-refractivity contribution in [2.75, 3.05) is 0 Å². The molecule has 0 saturated carbocycles. The van der Waals surface area contributed by atoms with Crippen molar-refractivity contribution in [3.63, 3.8) is 0 Å². The second kappa shape index (κ2) is 7.41. The Hall–Kier alpha value is -2.61. The molecule has 2 aromatic rings. The number of allylic oxidation sites excluding steroid dienone is 2. The summed E-state index contributed by atoms with van der Waals surface area (Å²) < 4.78 is 0. The van der Waals surface area contributed by atoms with Crippen LogP contribution in [0.3, 0.4) is 0 Å². The second-order valence-electron chi connectivity index (χ2n) is 5.47. The van der Waals surface area contributed by atoms with Crippen LogP contribution >= 0.6 is 0 Å². The topological polar surface area (TPSA) is 37.3 Å². The SMILES string of the molecule is CC(/C=C/c1ccccc1)(C/C=C/C(=O)O)c1ccccc1. The molecule has 1 N–H and O–H groups in total. The second-order valence-corrected chi connectivity index (χ2v) is 5.47. The average molecular weight is 292 g/mol. The summed E-state index contributed by atoms with van der Waals surface area (Å²) in [5.74, 6) is -0.914.